The van der Waals surface area contributed by atoms with E-state index in [-0.39, 0.29) is 66.9 Å². The van der Waals surface area contributed by atoms with E-state index in [0.717, 1.165) is 0 Å². The van der Waals surface area contributed by atoms with Crippen LogP contribution in [0.2, 0.25) is 0 Å². The van der Waals surface area contributed by atoms with Crippen LogP contribution in [0.4, 0.5) is 0 Å². The molecule has 0 rings (SSSR count). The Morgan fingerprint density at radius 1 is 0.933 bits per heavy atom. The van der Waals surface area contributed by atoms with E-state index in [0.29, 0.717) is 0 Å². The minimum Gasteiger partial charge on any atom is -0.870 e. The van der Waals surface area contributed by atoms with Gasteiger partial charge in [-0.15, -0.1) is 0 Å². The van der Waals surface area contributed by atoms with Crippen LogP contribution in [-0.4, -0.2) is 55.1 Å². The van der Waals surface area contributed by atoms with Gasteiger partial charge in [-0.2, -0.15) is 0 Å². The monoisotopic (exact) mass is 276 g/mol. The Morgan fingerprint density at radius 2 is 1.00 bits per heavy atom. The molecular formula is C3H20N2O9Ti. The molecule has 0 fully saturated rings. The molecule has 0 aromatic carbocycles. The number of hydrogen-bond acceptors (Lipinski definition) is 8. The first-order valence-corrected chi connectivity index (χ1v) is 1.55. The average molecular weight is 276 g/mol. The van der Waals surface area contributed by atoms with Crippen molar-refractivity contribution in [2.24, 2.45) is 0 Å². The first-order valence-electron chi connectivity index (χ1n) is 1.55. The fourth-order valence-electron chi connectivity index (χ4n) is 0. The fourth-order valence-corrected chi connectivity index (χ4v) is 0. The molecule has 0 aliphatic rings. The first-order chi connectivity index (χ1) is 2.64. The number of aliphatic carboxylic acids is 1. The minimum absolute atomic E-state index is 0. The Morgan fingerprint density at radius 3 is 1.00 bits per heavy atom. The van der Waals surface area contributed by atoms with Crippen LogP contribution in [0, 0.1) is 0 Å². The predicted molar refractivity (Wildman–Crippen MR) is 42.9 cm³/mol. The van der Waals surface area contributed by atoms with Crippen LogP contribution in [0.3, 0.4) is 0 Å². The number of rotatable bonds is 1. The van der Waals surface area contributed by atoms with Crippen LogP contribution in [0.1, 0.15) is 6.92 Å². The summed E-state index contributed by atoms with van der Waals surface area (Å²) in [6, 6.07) is 0. The molecule has 0 spiro atoms. The van der Waals surface area contributed by atoms with Gasteiger partial charge in [0.1, 0.15) is 6.10 Å². The molecule has 15 heavy (non-hydrogen) atoms. The van der Waals surface area contributed by atoms with Gasteiger partial charge in [-0.05, 0) is 6.92 Å². The number of carbonyl (C=O) groups is 1. The van der Waals surface area contributed by atoms with E-state index in [2.05, 4.69) is 0 Å². The summed E-state index contributed by atoms with van der Waals surface area (Å²) < 4.78 is 0. The molecule has 11 nitrogen and oxygen atoms in total. The molecule has 0 radical (unpaired) electrons. The molecule has 0 aromatic rings. The third kappa shape index (κ3) is 132. The molecule has 16 N–H and O–H groups in total. The molecule has 1 atom stereocenters. The summed E-state index contributed by atoms with van der Waals surface area (Å²) in [5, 5.41) is 15.8. The van der Waals surface area contributed by atoms with Gasteiger partial charge in [-0.3, -0.25) is 0 Å². The molecule has 0 aliphatic heterocycles. The Balaban J connectivity index is -0.00000000347. The topological polar surface area (TPSA) is 311 Å². The molecule has 100 valence electrons. The van der Waals surface area contributed by atoms with E-state index >= 15 is 0 Å². The number of carboxylic acids is 1. The molecular weight excluding hydrogens is 256 g/mol. The quantitative estimate of drug-likeness (QED) is 0.431. The Labute approximate surface area is 101 Å². The summed E-state index contributed by atoms with van der Waals surface area (Å²) in [5.74, 6) is -1.19. The van der Waals surface area contributed by atoms with Gasteiger partial charge in [0.25, 0.3) is 0 Å². The minimum atomic E-state index is -1.23. The molecule has 0 amide bonds. The zero-order chi connectivity index (χ0) is 5.15. The van der Waals surface area contributed by atoms with Crippen molar-refractivity contribution < 1.29 is 69.6 Å². The average Bonchev–Trinajstić information content (AvgIpc) is 1.36. The number of aliphatic hydroxyl groups excluding tert-OH is 1. The van der Waals surface area contributed by atoms with E-state index in [9.17, 15) is 4.79 Å². The van der Waals surface area contributed by atoms with Crippen LogP contribution in [0.25, 0.3) is 0 Å². The van der Waals surface area contributed by atoms with E-state index < -0.39 is 12.1 Å². The number of aliphatic hydroxyl groups is 1. The molecule has 1 unspecified atom stereocenters. The second kappa shape index (κ2) is 67.0. The molecule has 0 aliphatic carbocycles. The van der Waals surface area contributed by atoms with Gasteiger partial charge in [-0.25, -0.2) is 4.79 Å². The van der Waals surface area contributed by atoms with Crippen LogP contribution < -0.4 is 12.3 Å². The molecule has 0 saturated heterocycles. The third-order valence-electron chi connectivity index (χ3n) is 0.357. The summed E-state index contributed by atoms with van der Waals surface area (Å²) in [6.45, 7) is 1.20. The summed E-state index contributed by atoms with van der Waals surface area (Å²) in [7, 11) is 0. The normalized spacial score (nSPS) is 5.47. The Kier molecular flexibility index (Phi) is 544. The molecule has 0 saturated carbocycles. The van der Waals surface area contributed by atoms with Crippen molar-refractivity contribution in [1.29, 1.82) is 0 Å². The summed E-state index contributed by atoms with van der Waals surface area (Å²) in [4.78, 5) is 9.45. The van der Waals surface area contributed by atoms with Crippen LogP contribution in [0.15, 0.2) is 0 Å². The van der Waals surface area contributed by atoms with Crippen molar-refractivity contribution in [3.8, 4) is 0 Å². The second-order valence-corrected chi connectivity index (χ2v) is 1.01. The Bertz CT molecular complexity index is 74.4. The van der Waals surface area contributed by atoms with Gasteiger partial charge in [0, 0.05) is 0 Å². The van der Waals surface area contributed by atoms with Gasteiger partial charge >= 0.3 is 27.7 Å². The SMILES string of the molecule is CC(O)C(=O)O.[NH4+].[NH4+].[OH-].[OH-].[OH-].[OH-].[OH-].[OH-].[Ti+4]. The summed E-state index contributed by atoms with van der Waals surface area (Å²) in [6.07, 6.45) is -1.23. The molecule has 0 aromatic heterocycles. The molecule has 12 heteroatoms. The van der Waals surface area contributed by atoms with Gasteiger partial charge in [0.05, 0.1) is 0 Å². The maximum absolute atomic E-state index is 9.45. The number of quaternary nitrogens is 2. The molecule has 0 bridgehead atoms. The maximum atomic E-state index is 9.45. The van der Waals surface area contributed by atoms with E-state index in [1.807, 2.05) is 0 Å². The van der Waals surface area contributed by atoms with Gasteiger partial charge in [0.2, 0.25) is 0 Å². The zero-order valence-electron chi connectivity index (χ0n) is 8.56. The second-order valence-electron chi connectivity index (χ2n) is 1.01. The maximum Gasteiger partial charge on any atom is 4.00 e. The smallest absolute Gasteiger partial charge is 0.870 e. The standard InChI is InChI=1S/C3H6O3.2H3N.6H2O.Ti/c1-2(4)3(5)6;;;;;;;;;/h2,4H,1H3,(H,5,6);2*1H3;6*1H2;/q;;;;;;;;;+4/p-4. The van der Waals surface area contributed by atoms with Crippen LogP contribution in [-0.2, 0) is 26.5 Å². The predicted octanol–water partition coefficient (Wildman–Crippen LogP) is -0.859. The summed E-state index contributed by atoms with van der Waals surface area (Å²) >= 11 is 0. The van der Waals surface area contributed by atoms with Crippen molar-refractivity contribution in [3.05, 3.63) is 0 Å². The van der Waals surface area contributed by atoms with Crippen LogP contribution >= 0.6 is 0 Å². The van der Waals surface area contributed by atoms with Gasteiger partial charge < -0.3 is 55.4 Å². The summed E-state index contributed by atoms with van der Waals surface area (Å²) in [5.41, 5.74) is 0. The van der Waals surface area contributed by atoms with Gasteiger partial charge in [-0.1, -0.05) is 0 Å². The van der Waals surface area contributed by atoms with E-state index in [1.165, 1.54) is 6.92 Å². The number of carboxylic acid groups (broad SMARTS) is 1. The number of hydrogen-bond donors (Lipinski definition) is 4. The molecule has 0 heterocycles. The third-order valence-corrected chi connectivity index (χ3v) is 0.357. The van der Waals surface area contributed by atoms with E-state index in [1.54, 1.807) is 0 Å². The van der Waals surface area contributed by atoms with Crippen molar-refractivity contribution in [2.75, 3.05) is 0 Å². The van der Waals surface area contributed by atoms with Crippen molar-refractivity contribution in [1.82, 2.24) is 12.3 Å². The van der Waals surface area contributed by atoms with Gasteiger partial charge in [0.15, 0.2) is 0 Å². The Hall–Kier alpha value is -0.176. The van der Waals surface area contributed by atoms with Crippen molar-refractivity contribution in [3.63, 3.8) is 0 Å². The van der Waals surface area contributed by atoms with Crippen molar-refractivity contribution >= 4 is 5.97 Å². The zero-order valence-corrected chi connectivity index (χ0v) is 10.1. The van der Waals surface area contributed by atoms with Crippen LogP contribution in [0.5, 0.6) is 0 Å². The van der Waals surface area contributed by atoms with Crippen molar-refractivity contribution in [2.45, 2.75) is 13.0 Å². The largest absolute Gasteiger partial charge is 4.00 e. The fraction of sp³-hybridized carbons (Fsp3) is 0.667. The first kappa shape index (κ1) is 122. The van der Waals surface area contributed by atoms with E-state index in [4.69, 9.17) is 10.2 Å².